The van der Waals surface area contributed by atoms with Gasteiger partial charge in [-0.25, -0.2) is 9.97 Å². The smallest absolute Gasteiger partial charge is 0.334 e. The average Bonchev–Trinajstić information content (AvgIpc) is 2.81. The molecule has 4 aromatic rings. The highest BCUT2D eigenvalue weighted by atomic mass is 16.6. The van der Waals surface area contributed by atoms with Crippen LogP contribution >= 0.6 is 0 Å². The highest BCUT2D eigenvalue weighted by molar-refractivity contribution is 5.77. The number of aryl methyl sites for hydroxylation is 1. The van der Waals surface area contributed by atoms with Gasteiger partial charge in [-0.3, -0.25) is 10.1 Å². The van der Waals surface area contributed by atoms with Crippen molar-refractivity contribution in [3.8, 4) is 0 Å². The van der Waals surface area contributed by atoms with Crippen LogP contribution in [0.5, 0.6) is 0 Å². The Labute approximate surface area is 184 Å². The van der Waals surface area contributed by atoms with Gasteiger partial charge in [0.2, 0.25) is 11.6 Å². The van der Waals surface area contributed by atoms with Gasteiger partial charge in [-0.05, 0) is 55.0 Å². The van der Waals surface area contributed by atoms with Gasteiger partial charge in [0.05, 0.1) is 16.3 Å². The topological polar surface area (TPSA) is 118 Å². The Balaban J connectivity index is 1.55. The molecule has 0 aliphatic heterocycles. The van der Waals surface area contributed by atoms with E-state index < -0.39 is 4.92 Å². The van der Waals surface area contributed by atoms with E-state index >= 15 is 0 Å². The molecular formula is C23H19N7O2. The minimum atomic E-state index is -0.509. The fraction of sp³-hybridized carbons (Fsp3) is 0.0435. The van der Waals surface area contributed by atoms with Crippen molar-refractivity contribution >= 4 is 40.1 Å². The summed E-state index contributed by atoms with van der Waals surface area (Å²) in [5.41, 5.74) is 3.44. The Kier molecular flexibility index (Phi) is 6.08. The second kappa shape index (κ2) is 9.43. The van der Waals surface area contributed by atoms with Crippen molar-refractivity contribution in [1.29, 1.82) is 0 Å². The van der Waals surface area contributed by atoms with Crippen LogP contribution in [-0.4, -0.2) is 14.9 Å². The molecule has 0 fully saturated rings. The monoisotopic (exact) mass is 425 g/mol. The zero-order valence-corrected chi connectivity index (χ0v) is 17.1. The molecule has 1 heterocycles. The maximum atomic E-state index is 11.8. The van der Waals surface area contributed by atoms with E-state index in [0.29, 0.717) is 11.4 Å². The summed E-state index contributed by atoms with van der Waals surface area (Å²) in [6.45, 7) is 1.91. The Hall–Kier alpha value is -4.66. The number of azo groups is 1. The van der Waals surface area contributed by atoms with Crippen molar-refractivity contribution in [1.82, 2.24) is 9.97 Å². The van der Waals surface area contributed by atoms with E-state index in [0.717, 1.165) is 16.9 Å². The lowest BCUT2D eigenvalue weighted by atomic mass is 10.2. The summed E-state index contributed by atoms with van der Waals surface area (Å²) in [6, 6.07) is 23.9. The van der Waals surface area contributed by atoms with Gasteiger partial charge in [0.15, 0.2) is 0 Å². The maximum Gasteiger partial charge on any atom is 0.353 e. The third-order valence-electron chi connectivity index (χ3n) is 4.57. The molecule has 0 saturated heterocycles. The zero-order chi connectivity index (χ0) is 22.3. The van der Waals surface area contributed by atoms with Crippen LogP contribution in [0, 0.1) is 17.0 Å². The van der Waals surface area contributed by atoms with E-state index in [1.54, 1.807) is 24.3 Å². The normalized spacial score (nSPS) is 10.8. The molecule has 3 aromatic carbocycles. The minimum absolute atomic E-state index is 0.0831. The largest absolute Gasteiger partial charge is 0.353 e. The molecule has 0 amide bonds. The first-order chi connectivity index (χ1) is 15.6. The predicted octanol–water partition coefficient (Wildman–Crippen LogP) is 6.60. The number of hydrogen-bond acceptors (Lipinski definition) is 8. The summed E-state index contributed by atoms with van der Waals surface area (Å²) in [6.07, 6.45) is 1.28. The Morgan fingerprint density at radius 1 is 0.781 bits per heavy atom. The van der Waals surface area contributed by atoms with E-state index in [9.17, 15) is 10.1 Å². The first-order valence-corrected chi connectivity index (χ1v) is 9.76. The van der Waals surface area contributed by atoms with Gasteiger partial charge < -0.3 is 10.6 Å². The second-order valence-electron chi connectivity index (χ2n) is 6.82. The lowest BCUT2D eigenvalue weighted by Gasteiger charge is -2.11. The van der Waals surface area contributed by atoms with Crippen molar-refractivity contribution in [3.05, 3.63) is 101 Å². The average molecular weight is 425 g/mol. The Bertz CT molecular complexity index is 1260. The molecule has 4 rings (SSSR count). The van der Waals surface area contributed by atoms with Gasteiger partial charge in [-0.1, -0.05) is 36.4 Å². The van der Waals surface area contributed by atoms with Gasteiger partial charge in [0, 0.05) is 11.4 Å². The van der Waals surface area contributed by atoms with E-state index in [-0.39, 0.29) is 17.3 Å². The zero-order valence-electron chi connectivity index (χ0n) is 17.1. The fourth-order valence-electron chi connectivity index (χ4n) is 2.93. The maximum absolute atomic E-state index is 11.8. The SMILES string of the molecule is Cc1ccccc1Nc1ncnc(Nc2ccc(N=Nc3ccccc3)cc2)c1[N+](=O)[O-]. The van der Waals surface area contributed by atoms with Crippen LogP contribution in [0.25, 0.3) is 0 Å². The third kappa shape index (κ3) is 4.90. The fourth-order valence-corrected chi connectivity index (χ4v) is 2.93. The van der Waals surface area contributed by atoms with Crippen LogP contribution < -0.4 is 10.6 Å². The van der Waals surface area contributed by atoms with Crippen molar-refractivity contribution in [2.24, 2.45) is 10.2 Å². The molecule has 2 N–H and O–H groups in total. The molecule has 0 aliphatic rings. The molecule has 32 heavy (non-hydrogen) atoms. The number of nitrogens with zero attached hydrogens (tertiary/aromatic N) is 5. The number of hydrogen-bond donors (Lipinski definition) is 2. The molecule has 0 radical (unpaired) electrons. The van der Waals surface area contributed by atoms with Crippen molar-refractivity contribution in [3.63, 3.8) is 0 Å². The number of nitrogens with one attached hydrogen (secondary N) is 2. The lowest BCUT2D eigenvalue weighted by molar-refractivity contribution is -0.383. The summed E-state index contributed by atoms with van der Waals surface area (Å²) in [5.74, 6) is 0.190. The van der Waals surface area contributed by atoms with Crippen LogP contribution in [0.2, 0.25) is 0 Å². The number of benzene rings is 3. The summed E-state index contributed by atoms with van der Waals surface area (Å²) >= 11 is 0. The second-order valence-corrected chi connectivity index (χ2v) is 6.82. The number of para-hydroxylation sites is 1. The van der Waals surface area contributed by atoms with E-state index in [1.807, 2.05) is 61.5 Å². The third-order valence-corrected chi connectivity index (χ3v) is 4.57. The Morgan fingerprint density at radius 3 is 2.03 bits per heavy atom. The quantitative estimate of drug-likeness (QED) is 0.196. The van der Waals surface area contributed by atoms with Crippen molar-refractivity contribution < 1.29 is 4.92 Å². The van der Waals surface area contributed by atoms with Crippen LogP contribution in [0.3, 0.4) is 0 Å². The first kappa shape index (κ1) is 20.6. The van der Waals surface area contributed by atoms with E-state index in [2.05, 4.69) is 30.8 Å². The van der Waals surface area contributed by atoms with Crippen LogP contribution in [-0.2, 0) is 0 Å². The summed E-state index contributed by atoms with van der Waals surface area (Å²) < 4.78 is 0. The summed E-state index contributed by atoms with van der Waals surface area (Å²) in [4.78, 5) is 19.4. The van der Waals surface area contributed by atoms with Crippen LogP contribution in [0.1, 0.15) is 5.56 Å². The van der Waals surface area contributed by atoms with Gasteiger partial charge in [0.1, 0.15) is 6.33 Å². The van der Waals surface area contributed by atoms with Gasteiger partial charge >= 0.3 is 5.69 Å². The molecule has 0 bridgehead atoms. The highest BCUT2D eigenvalue weighted by Crippen LogP contribution is 2.34. The summed E-state index contributed by atoms with van der Waals surface area (Å²) in [5, 5.41) is 26.2. The molecule has 0 saturated carbocycles. The molecule has 0 atom stereocenters. The standard InChI is InChI=1S/C23H19N7O2/c1-16-7-5-6-10-20(16)27-23-21(30(31)32)22(24-15-25-23)26-17-11-13-19(14-12-17)29-28-18-8-3-2-4-9-18/h2-15H,1H3,(H2,24,25,26,27). The number of nitro groups is 1. The number of anilines is 4. The molecule has 0 unspecified atom stereocenters. The van der Waals surface area contributed by atoms with Crippen LogP contribution in [0.15, 0.2) is 95.4 Å². The number of rotatable bonds is 7. The van der Waals surface area contributed by atoms with Crippen LogP contribution in [0.4, 0.5) is 40.1 Å². The number of aromatic nitrogens is 2. The molecule has 158 valence electrons. The first-order valence-electron chi connectivity index (χ1n) is 9.76. The molecule has 0 spiro atoms. The molecular weight excluding hydrogens is 406 g/mol. The predicted molar refractivity (Wildman–Crippen MR) is 123 cm³/mol. The van der Waals surface area contributed by atoms with E-state index in [4.69, 9.17) is 0 Å². The highest BCUT2D eigenvalue weighted by Gasteiger charge is 2.23. The summed E-state index contributed by atoms with van der Waals surface area (Å²) in [7, 11) is 0. The van der Waals surface area contributed by atoms with Gasteiger partial charge in [-0.15, -0.1) is 0 Å². The van der Waals surface area contributed by atoms with E-state index in [1.165, 1.54) is 6.33 Å². The van der Waals surface area contributed by atoms with Gasteiger partial charge in [0.25, 0.3) is 0 Å². The van der Waals surface area contributed by atoms with Gasteiger partial charge in [-0.2, -0.15) is 10.2 Å². The minimum Gasteiger partial charge on any atom is -0.334 e. The van der Waals surface area contributed by atoms with Crippen molar-refractivity contribution in [2.75, 3.05) is 10.6 Å². The molecule has 0 aliphatic carbocycles. The lowest BCUT2D eigenvalue weighted by Crippen LogP contribution is -2.06. The molecule has 1 aromatic heterocycles. The molecule has 9 nitrogen and oxygen atoms in total. The van der Waals surface area contributed by atoms with Crippen molar-refractivity contribution in [2.45, 2.75) is 6.92 Å². The Morgan fingerprint density at radius 2 is 1.38 bits per heavy atom. The molecule has 9 heteroatoms.